The van der Waals surface area contributed by atoms with Crippen molar-refractivity contribution in [2.24, 2.45) is 13.0 Å². The zero-order chi connectivity index (χ0) is 12.8. The summed E-state index contributed by atoms with van der Waals surface area (Å²) >= 11 is 5.93. The number of nitrogens with zero attached hydrogens (tertiary/aromatic N) is 3. The molecule has 1 saturated carbocycles. The largest absolute Gasteiger partial charge is 0.324 e. The number of sulfonamides is 1. The van der Waals surface area contributed by atoms with Crippen molar-refractivity contribution in [1.29, 1.82) is 0 Å². The molecule has 0 N–H and O–H groups in total. The van der Waals surface area contributed by atoms with Crippen LogP contribution >= 0.6 is 11.6 Å². The van der Waals surface area contributed by atoms with Crippen LogP contribution in [0.4, 0.5) is 0 Å². The molecule has 0 aromatic carbocycles. The summed E-state index contributed by atoms with van der Waals surface area (Å²) in [5.41, 5.74) is 0. The zero-order valence-electron chi connectivity index (χ0n) is 10.1. The molecule has 1 aromatic heterocycles. The minimum Gasteiger partial charge on any atom is -0.324 e. The molecular formula is C10H16ClN3O2S. The fraction of sp³-hybridized carbons (Fsp3) is 0.700. The lowest BCUT2D eigenvalue weighted by atomic mass is 10.2. The molecule has 1 unspecified atom stereocenters. The van der Waals surface area contributed by atoms with Crippen molar-refractivity contribution in [3.05, 3.63) is 11.5 Å². The van der Waals surface area contributed by atoms with Crippen molar-refractivity contribution in [3.8, 4) is 0 Å². The summed E-state index contributed by atoms with van der Waals surface area (Å²) in [6, 6.07) is -0.00178. The van der Waals surface area contributed by atoms with Gasteiger partial charge in [-0.05, 0) is 25.7 Å². The summed E-state index contributed by atoms with van der Waals surface area (Å²) < 4.78 is 27.5. The van der Waals surface area contributed by atoms with Gasteiger partial charge >= 0.3 is 0 Å². The second kappa shape index (κ2) is 4.26. The average molecular weight is 278 g/mol. The summed E-state index contributed by atoms with van der Waals surface area (Å²) in [7, 11) is -0.332. The van der Waals surface area contributed by atoms with Gasteiger partial charge in [-0.1, -0.05) is 11.6 Å². The van der Waals surface area contributed by atoms with Crippen molar-refractivity contribution in [2.45, 2.75) is 30.8 Å². The Bertz CT molecular complexity index is 522. The summed E-state index contributed by atoms with van der Waals surface area (Å²) in [5, 5.41) is 0.0940. The molecule has 0 bridgehead atoms. The second-order valence-electron chi connectivity index (χ2n) is 4.55. The number of aryl methyl sites for hydroxylation is 1. The van der Waals surface area contributed by atoms with Gasteiger partial charge in [-0.2, -0.15) is 4.31 Å². The molecular weight excluding hydrogens is 262 g/mol. The molecule has 0 aliphatic heterocycles. The van der Waals surface area contributed by atoms with Crippen LogP contribution in [0.5, 0.6) is 0 Å². The topological polar surface area (TPSA) is 55.2 Å². The molecule has 5 nitrogen and oxygen atoms in total. The normalized spacial score (nSPS) is 18.6. The van der Waals surface area contributed by atoms with Gasteiger partial charge in [0, 0.05) is 20.1 Å². The van der Waals surface area contributed by atoms with E-state index in [0.29, 0.717) is 5.92 Å². The Morgan fingerprint density at radius 2 is 2.18 bits per heavy atom. The van der Waals surface area contributed by atoms with Crippen LogP contribution < -0.4 is 0 Å². The van der Waals surface area contributed by atoms with Gasteiger partial charge in [0.15, 0.2) is 0 Å². The molecule has 1 aromatic rings. The van der Waals surface area contributed by atoms with E-state index in [0.717, 1.165) is 12.8 Å². The first-order valence-corrected chi connectivity index (χ1v) is 7.32. The lowest BCUT2D eigenvalue weighted by Gasteiger charge is -2.23. The number of hydrogen-bond acceptors (Lipinski definition) is 3. The van der Waals surface area contributed by atoms with Crippen LogP contribution in [0.15, 0.2) is 11.4 Å². The van der Waals surface area contributed by atoms with E-state index >= 15 is 0 Å². The Morgan fingerprint density at radius 3 is 2.59 bits per heavy atom. The minimum atomic E-state index is -3.58. The number of imidazole rings is 1. The van der Waals surface area contributed by atoms with E-state index in [4.69, 9.17) is 11.6 Å². The lowest BCUT2D eigenvalue weighted by Crippen LogP contribution is -2.36. The number of aromatic nitrogens is 2. The van der Waals surface area contributed by atoms with Crippen molar-refractivity contribution < 1.29 is 8.42 Å². The summed E-state index contributed by atoms with van der Waals surface area (Å²) in [5.74, 6) is 0.470. The maximum atomic E-state index is 12.3. The molecule has 1 fully saturated rings. The maximum Gasteiger partial charge on any atom is 0.263 e. The molecule has 1 aliphatic carbocycles. The summed E-state index contributed by atoms with van der Waals surface area (Å²) in [6.45, 7) is 1.92. The SMILES string of the molecule is CC(C1CC1)N(C)S(=O)(=O)c1ncn(C)c1Cl. The molecule has 0 amide bonds. The monoisotopic (exact) mass is 277 g/mol. The molecule has 96 valence electrons. The molecule has 7 heteroatoms. The highest BCUT2D eigenvalue weighted by molar-refractivity contribution is 7.89. The van der Waals surface area contributed by atoms with Crippen molar-refractivity contribution in [1.82, 2.24) is 13.9 Å². The van der Waals surface area contributed by atoms with Crippen LogP contribution in [-0.2, 0) is 17.1 Å². The van der Waals surface area contributed by atoms with E-state index in [1.54, 1.807) is 14.1 Å². The first kappa shape index (κ1) is 12.9. The Morgan fingerprint density at radius 1 is 1.59 bits per heavy atom. The van der Waals surface area contributed by atoms with Crippen molar-refractivity contribution >= 4 is 21.6 Å². The molecule has 2 rings (SSSR count). The average Bonchev–Trinajstić information content (AvgIpc) is 3.05. The Kier molecular flexibility index (Phi) is 3.22. The highest BCUT2D eigenvalue weighted by atomic mass is 35.5. The van der Waals surface area contributed by atoms with Gasteiger partial charge in [0.25, 0.3) is 10.0 Å². The molecule has 0 radical (unpaired) electrons. The summed E-state index contributed by atoms with van der Waals surface area (Å²) in [4.78, 5) is 3.87. The van der Waals surface area contributed by atoms with Gasteiger partial charge in [0.1, 0.15) is 5.15 Å². The second-order valence-corrected chi connectivity index (χ2v) is 6.82. The van der Waals surface area contributed by atoms with Crippen LogP contribution in [-0.4, -0.2) is 35.4 Å². The third-order valence-electron chi connectivity index (χ3n) is 3.34. The van der Waals surface area contributed by atoms with Gasteiger partial charge in [0.05, 0.1) is 6.33 Å². The van der Waals surface area contributed by atoms with Gasteiger partial charge in [-0.25, -0.2) is 13.4 Å². The molecule has 1 aliphatic rings. The smallest absolute Gasteiger partial charge is 0.263 e. The lowest BCUT2D eigenvalue weighted by molar-refractivity contribution is 0.356. The molecule has 1 atom stereocenters. The summed E-state index contributed by atoms with van der Waals surface area (Å²) in [6.07, 6.45) is 3.60. The number of hydrogen-bond donors (Lipinski definition) is 0. The molecule has 0 saturated heterocycles. The van der Waals surface area contributed by atoms with E-state index in [9.17, 15) is 8.42 Å². The third-order valence-corrected chi connectivity index (χ3v) is 5.77. The maximum absolute atomic E-state index is 12.3. The number of halogens is 1. The van der Waals surface area contributed by atoms with Crippen LogP contribution in [0.2, 0.25) is 5.15 Å². The van der Waals surface area contributed by atoms with E-state index < -0.39 is 10.0 Å². The van der Waals surface area contributed by atoms with Gasteiger partial charge in [-0.15, -0.1) is 0 Å². The van der Waals surface area contributed by atoms with E-state index in [1.807, 2.05) is 6.92 Å². The third kappa shape index (κ3) is 2.21. The fourth-order valence-electron chi connectivity index (χ4n) is 1.80. The van der Waals surface area contributed by atoms with E-state index in [2.05, 4.69) is 4.98 Å². The first-order valence-electron chi connectivity index (χ1n) is 5.50. The van der Waals surface area contributed by atoms with Crippen LogP contribution in [0.1, 0.15) is 19.8 Å². The molecule has 17 heavy (non-hydrogen) atoms. The fourth-order valence-corrected chi connectivity index (χ4v) is 3.60. The Hall–Kier alpha value is -0.590. The highest BCUT2D eigenvalue weighted by Crippen LogP contribution is 2.36. The quantitative estimate of drug-likeness (QED) is 0.838. The van der Waals surface area contributed by atoms with Gasteiger partial charge in [-0.3, -0.25) is 0 Å². The van der Waals surface area contributed by atoms with Crippen LogP contribution in [0, 0.1) is 5.92 Å². The van der Waals surface area contributed by atoms with E-state index in [1.165, 1.54) is 15.2 Å². The molecule has 0 spiro atoms. The standard InChI is InChI=1S/C10H16ClN3O2S/c1-7(8-4-5-8)14(3)17(15,16)10-9(11)13(2)6-12-10/h6-8H,4-5H2,1-3H3. The van der Waals surface area contributed by atoms with E-state index in [-0.39, 0.29) is 16.2 Å². The minimum absolute atomic E-state index is 0.00178. The molecule has 1 heterocycles. The highest BCUT2D eigenvalue weighted by Gasteiger charge is 2.37. The Balaban J connectivity index is 2.32. The van der Waals surface area contributed by atoms with Crippen LogP contribution in [0.3, 0.4) is 0 Å². The zero-order valence-corrected chi connectivity index (χ0v) is 11.7. The van der Waals surface area contributed by atoms with Crippen molar-refractivity contribution in [3.63, 3.8) is 0 Å². The Labute approximate surface area is 106 Å². The van der Waals surface area contributed by atoms with Crippen LogP contribution in [0.25, 0.3) is 0 Å². The van der Waals surface area contributed by atoms with Gasteiger partial charge in [0.2, 0.25) is 5.03 Å². The number of rotatable bonds is 4. The van der Waals surface area contributed by atoms with Crippen molar-refractivity contribution in [2.75, 3.05) is 7.05 Å². The first-order chi connectivity index (χ1) is 7.85. The predicted octanol–water partition coefficient (Wildman–Crippen LogP) is 1.49. The predicted molar refractivity (Wildman–Crippen MR) is 65.4 cm³/mol. The van der Waals surface area contributed by atoms with Gasteiger partial charge < -0.3 is 4.57 Å².